The van der Waals surface area contributed by atoms with E-state index in [1.54, 1.807) is 29.1 Å². The first-order chi connectivity index (χ1) is 15.8. The smallest absolute Gasteiger partial charge is 0.243 e. The maximum Gasteiger partial charge on any atom is 0.243 e. The average molecular weight is 467 g/mol. The van der Waals surface area contributed by atoms with Crippen LogP contribution in [0.3, 0.4) is 0 Å². The summed E-state index contributed by atoms with van der Waals surface area (Å²) in [5, 5.41) is 5.18. The van der Waals surface area contributed by atoms with Gasteiger partial charge in [-0.2, -0.15) is 9.40 Å². The third-order valence-corrected chi connectivity index (χ3v) is 7.96. The van der Waals surface area contributed by atoms with E-state index < -0.39 is 10.0 Å². The summed E-state index contributed by atoms with van der Waals surface area (Å²) >= 11 is 0. The van der Waals surface area contributed by atoms with Crippen LogP contribution in [0.5, 0.6) is 0 Å². The van der Waals surface area contributed by atoms with Crippen LogP contribution in [-0.4, -0.2) is 58.7 Å². The molecular weight excluding hydrogens is 443 g/mol. The van der Waals surface area contributed by atoms with Crippen molar-refractivity contribution in [2.45, 2.75) is 18.7 Å². The number of fused-ring (bicyclic) bond motifs is 1. The van der Waals surface area contributed by atoms with E-state index in [2.05, 4.69) is 20.0 Å². The predicted octanol–water partition coefficient (Wildman–Crippen LogP) is 3.08. The van der Waals surface area contributed by atoms with Crippen molar-refractivity contribution in [3.8, 4) is 5.69 Å². The zero-order valence-corrected chi connectivity index (χ0v) is 19.1. The summed E-state index contributed by atoms with van der Waals surface area (Å²) in [6, 6.07) is 11.4. The zero-order valence-electron chi connectivity index (χ0n) is 18.3. The molecule has 10 heteroatoms. The van der Waals surface area contributed by atoms with Crippen molar-refractivity contribution < 1.29 is 12.8 Å². The molecule has 0 N–H and O–H groups in total. The van der Waals surface area contributed by atoms with Gasteiger partial charge in [-0.3, -0.25) is 0 Å². The van der Waals surface area contributed by atoms with Crippen LogP contribution in [0.2, 0.25) is 0 Å². The van der Waals surface area contributed by atoms with E-state index in [1.165, 1.54) is 22.8 Å². The Bertz CT molecular complexity index is 1430. The highest BCUT2D eigenvalue weighted by Crippen LogP contribution is 2.27. The number of piperazine rings is 1. The molecule has 1 saturated heterocycles. The van der Waals surface area contributed by atoms with Crippen LogP contribution in [0, 0.1) is 19.7 Å². The first-order valence-corrected chi connectivity index (χ1v) is 12.1. The number of halogens is 1. The minimum atomic E-state index is -3.57. The number of benzene rings is 2. The monoisotopic (exact) mass is 466 g/mol. The van der Waals surface area contributed by atoms with Crippen molar-refractivity contribution in [1.29, 1.82) is 0 Å². The van der Waals surface area contributed by atoms with Gasteiger partial charge in [-0.25, -0.2) is 27.5 Å². The summed E-state index contributed by atoms with van der Waals surface area (Å²) < 4.78 is 42.9. The van der Waals surface area contributed by atoms with E-state index in [0.717, 1.165) is 16.5 Å². The molecule has 1 aliphatic rings. The molecule has 0 bridgehead atoms. The number of hydrogen-bond acceptors (Lipinski definition) is 6. The molecule has 4 aromatic rings. The second kappa shape index (κ2) is 8.20. The van der Waals surface area contributed by atoms with Gasteiger partial charge in [-0.15, -0.1) is 0 Å². The van der Waals surface area contributed by atoms with Gasteiger partial charge in [0, 0.05) is 26.2 Å². The molecule has 2 aromatic carbocycles. The van der Waals surface area contributed by atoms with Crippen LogP contribution >= 0.6 is 0 Å². The van der Waals surface area contributed by atoms with Crippen molar-refractivity contribution in [2.24, 2.45) is 0 Å². The van der Waals surface area contributed by atoms with Gasteiger partial charge in [-0.1, -0.05) is 17.7 Å². The number of nitrogens with zero attached hydrogens (tertiary/aromatic N) is 6. The maximum atomic E-state index is 13.3. The molecule has 0 unspecified atom stereocenters. The highest BCUT2D eigenvalue weighted by atomic mass is 32.2. The fourth-order valence-corrected chi connectivity index (χ4v) is 5.85. The quantitative estimate of drug-likeness (QED) is 0.460. The lowest BCUT2D eigenvalue weighted by molar-refractivity contribution is 0.384. The predicted molar refractivity (Wildman–Crippen MR) is 124 cm³/mol. The second-order valence-corrected chi connectivity index (χ2v) is 10.0. The van der Waals surface area contributed by atoms with Gasteiger partial charge >= 0.3 is 0 Å². The summed E-state index contributed by atoms with van der Waals surface area (Å²) in [4.78, 5) is 11.2. The molecule has 1 aliphatic heterocycles. The molecule has 0 spiro atoms. The van der Waals surface area contributed by atoms with Crippen molar-refractivity contribution in [1.82, 2.24) is 24.1 Å². The SMILES string of the molecule is Cc1ccc(S(=O)(=O)N2CCN(c3ncnc4c3cnn4-c3ccc(F)cc3)CC2)c(C)c1. The molecular formula is C23H23FN6O2S. The van der Waals surface area contributed by atoms with Gasteiger partial charge in [0.1, 0.15) is 18.0 Å². The lowest BCUT2D eigenvalue weighted by Gasteiger charge is -2.35. The highest BCUT2D eigenvalue weighted by Gasteiger charge is 2.30. The number of rotatable bonds is 4. The number of anilines is 1. The standard InChI is InChI=1S/C23H23FN6O2S/c1-16-3-8-21(17(2)13-16)33(31,32)29-11-9-28(10-12-29)22-20-14-27-30(23(20)26-15-25-22)19-6-4-18(24)5-7-19/h3-8,13-15H,9-12H2,1-2H3. The maximum absolute atomic E-state index is 13.3. The molecule has 8 nitrogen and oxygen atoms in total. The van der Waals surface area contributed by atoms with Crippen LogP contribution in [-0.2, 0) is 10.0 Å². The Kier molecular flexibility index (Phi) is 5.34. The minimum absolute atomic E-state index is 0.320. The zero-order chi connectivity index (χ0) is 23.2. The topological polar surface area (TPSA) is 84.2 Å². The van der Waals surface area contributed by atoms with Gasteiger partial charge < -0.3 is 4.90 Å². The molecule has 1 fully saturated rings. The van der Waals surface area contributed by atoms with E-state index in [-0.39, 0.29) is 5.82 Å². The van der Waals surface area contributed by atoms with Crippen molar-refractivity contribution in [3.05, 3.63) is 71.9 Å². The normalized spacial score (nSPS) is 15.3. The van der Waals surface area contributed by atoms with Crippen LogP contribution in [0.1, 0.15) is 11.1 Å². The van der Waals surface area contributed by atoms with E-state index in [0.29, 0.717) is 48.2 Å². The van der Waals surface area contributed by atoms with E-state index >= 15 is 0 Å². The summed E-state index contributed by atoms with van der Waals surface area (Å²) in [5.74, 6) is 0.385. The molecule has 170 valence electrons. The van der Waals surface area contributed by atoms with Gasteiger partial charge in [0.25, 0.3) is 0 Å². The fraction of sp³-hybridized carbons (Fsp3) is 0.261. The molecule has 2 aromatic heterocycles. The minimum Gasteiger partial charge on any atom is -0.353 e. The first-order valence-electron chi connectivity index (χ1n) is 10.6. The van der Waals surface area contributed by atoms with Gasteiger partial charge in [0.2, 0.25) is 10.0 Å². The third-order valence-electron chi connectivity index (χ3n) is 5.90. The summed E-state index contributed by atoms with van der Waals surface area (Å²) in [7, 11) is -3.57. The van der Waals surface area contributed by atoms with Crippen LogP contribution < -0.4 is 4.90 Å². The number of aryl methyl sites for hydroxylation is 2. The Balaban J connectivity index is 1.39. The van der Waals surface area contributed by atoms with E-state index in [9.17, 15) is 12.8 Å². The molecule has 0 atom stereocenters. The average Bonchev–Trinajstić information content (AvgIpc) is 3.24. The van der Waals surface area contributed by atoms with Crippen molar-refractivity contribution in [3.63, 3.8) is 0 Å². The van der Waals surface area contributed by atoms with Crippen molar-refractivity contribution >= 4 is 26.9 Å². The summed E-state index contributed by atoms with van der Waals surface area (Å²) in [6.07, 6.45) is 3.16. The van der Waals surface area contributed by atoms with Crippen LogP contribution in [0.4, 0.5) is 10.2 Å². The molecule has 0 saturated carbocycles. The Labute approximate surface area is 191 Å². The number of hydrogen-bond donors (Lipinski definition) is 0. The van der Waals surface area contributed by atoms with Crippen LogP contribution in [0.25, 0.3) is 16.7 Å². The molecule has 0 aliphatic carbocycles. The fourth-order valence-electron chi connectivity index (χ4n) is 4.22. The lowest BCUT2D eigenvalue weighted by atomic mass is 10.2. The van der Waals surface area contributed by atoms with E-state index in [1.807, 2.05) is 26.0 Å². The Hall–Kier alpha value is -3.37. The van der Waals surface area contributed by atoms with Gasteiger partial charge in [0.15, 0.2) is 5.65 Å². The van der Waals surface area contributed by atoms with E-state index in [4.69, 9.17) is 0 Å². The first kappa shape index (κ1) is 21.5. The van der Waals surface area contributed by atoms with Gasteiger partial charge in [0.05, 0.1) is 22.2 Å². The van der Waals surface area contributed by atoms with Crippen LogP contribution in [0.15, 0.2) is 59.9 Å². The molecule has 3 heterocycles. The number of aromatic nitrogens is 4. The van der Waals surface area contributed by atoms with Gasteiger partial charge in [-0.05, 0) is 49.7 Å². The highest BCUT2D eigenvalue weighted by molar-refractivity contribution is 7.89. The Morgan fingerprint density at radius 2 is 1.67 bits per heavy atom. The van der Waals surface area contributed by atoms with Crippen molar-refractivity contribution in [2.75, 3.05) is 31.1 Å². The Morgan fingerprint density at radius 1 is 0.939 bits per heavy atom. The number of sulfonamides is 1. The third kappa shape index (κ3) is 3.85. The molecule has 0 radical (unpaired) electrons. The molecule has 0 amide bonds. The summed E-state index contributed by atoms with van der Waals surface area (Å²) in [5.41, 5.74) is 3.09. The second-order valence-electron chi connectivity index (χ2n) is 8.13. The largest absolute Gasteiger partial charge is 0.353 e. The molecule has 33 heavy (non-hydrogen) atoms. The molecule has 5 rings (SSSR count). The summed E-state index contributed by atoms with van der Waals surface area (Å²) in [6.45, 7) is 5.48. The Morgan fingerprint density at radius 3 is 2.36 bits per heavy atom. The lowest BCUT2D eigenvalue weighted by Crippen LogP contribution is -2.49.